The molecule has 0 saturated heterocycles. The highest BCUT2D eigenvalue weighted by Gasteiger charge is 1.92. The minimum Gasteiger partial charge on any atom is -0.285 e. The van der Waals surface area contributed by atoms with Gasteiger partial charge in [0, 0.05) is 5.75 Å². The van der Waals surface area contributed by atoms with Crippen LogP contribution in [-0.2, 0) is 0 Å². The number of hydrogen-bond acceptors (Lipinski definition) is 3. The van der Waals surface area contributed by atoms with Gasteiger partial charge in [0.05, 0.1) is 0 Å². The van der Waals surface area contributed by atoms with Crippen LogP contribution in [0.4, 0.5) is 4.79 Å². The molecule has 0 aliphatic carbocycles. The van der Waals surface area contributed by atoms with Gasteiger partial charge in [-0.2, -0.15) is 0 Å². The van der Waals surface area contributed by atoms with Crippen molar-refractivity contribution < 1.29 is 4.79 Å². The third-order valence-corrected chi connectivity index (χ3v) is 1.40. The maximum absolute atomic E-state index is 10.4. The van der Waals surface area contributed by atoms with Gasteiger partial charge in [0.1, 0.15) is 0 Å². The van der Waals surface area contributed by atoms with Crippen molar-refractivity contribution in [2.45, 2.75) is 6.92 Å². The summed E-state index contributed by atoms with van der Waals surface area (Å²) in [5, 5.41) is -0.201. The highest BCUT2D eigenvalue weighted by Crippen LogP contribution is 1.99. The predicted molar refractivity (Wildman–Crippen MR) is 40.0 cm³/mol. The van der Waals surface area contributed by atoms with Crippen molar-refractivity contribution in [3.05, 3.63) is 12.2 Å². The van der Waals surface area contributed by atoms with E-state index in [4.69, 9.17) is 5.84 Å². The van der Waals surface area contributed by atoms with Crippen molar-refractivity contribution in [3.8, 4) is 0 Å². The first kappa shape index (κ1) is 8.52. The van der Waals surface area contributed by atoms with E-state index in [1.807, 2.05) is 24.5 Å². The van der Waals surface area contributed by atoms with Crippen LogP contribution in [-0.4, -0.2) is 11.0 Å². The van der Waals surface area contributed by atoms with Gasteiger partial charge in [0.25, 0.3) is 5.24 Å². The summed E-state index contributed by atoms with van der Waals surface area (Å²) in [4.78, 5) is 10.4. The summed E-state index contributed by atoms with van der Waals surface area (Å²) in [6.07, 6.45) is 3.77. The topological polar surface area (TPSA) is 55.1 Å². The molecule has 0 aromatic heterocycles. The Bertz CT molecular complexity index is 114. The summed E-state index contributed by atoms with van der Waals surface area (Å²) in [6.45, 7) is 1.90. The van der Waals surface area contributed by atoms with Crippen LogP contribution in [0.3, 0.4) is 0 Å². The number of nitrogens with two attached hydrogens (primary N) is 1. The molecule has 0 radical (unpaired) electrons. The van der Waals surface area contributed by atoms with Gasteiger partial charge in [-0.25, -0.2) is 5.84 Å². The van der Waals surface area contributed by atoms with Gasteiger partial charge < -0.3 is 0 Å². The highest BCUT2D eigenvalue weighted by atomic mass is 32.2. The number of carbonyl (C=O) groups is 1. The van der Waals surface area contributed by atoms with Crippen LogP contribution >= 0.6 is 11.8 Å². The van der Waals surface area contributed by atoms with E-state index >= 15 is 0 Å². The number of hydrogen-bond donors (Lipinski definition) is 2. The summed E-state index contributed by atoms with van der Waals surface area (Å²) in [5.74, 6) is 5.49. The van der Waals surface area contributed by atoms with Crippen molar-refractivity contribution in [3.63, 3.8) is 0 Å². The van der Waals surface area contributed by atoms with Crippen molar-refractivity contribution in [1.82, 2.24) is 5.43 Å². The fraction of sp³-hybridized carbons (Fsp3) is 0.400. The van der Waals surface area contributed by atoms with Crippen LogP contribution < -0.4 is 11.3 Å². The molecule has 9 heavy (non-hydrogen) atoms. The van der Waals surface area contributed by atoms with Gasteiger partial charge in [-0.15, -0.1) is 0 Å². The number of allylic oxidation sites excluding steroid dienone is 1. The molecular formula is C5H10N2OS. The molecule has 0 aromatic rings. The molecule has 0 aromatic carbocycles. The maximum atomic E-state index is 10.4. The quantitative estimate of drug-likeness (QED) is 0.263. The summed E-state index contributed by atoms with van der Waals surface area (Å²) >= 11 is 1.14. The zero-order valence-corrected chi connectivity index (χ0v) is 6.07. The van der Waals surface area contributed by atoms with Crippen LogP contribution in [0.2, 0.25) is 0 Å². The molecule has 0 aliphatic heterocycles. The Morgan fingerprint density at radius 2 is 2.56 bits per heavy atom. The molecule has 52 valence electrons. The summed E-state index contributed by atoms with van der Waals surface area (Å²) in [6, 6.07) is 0. The van der Waals surface area contributed by atoms with Crippen molar-refractivity contribution in [2.75, 3.05) is 5.75 Å². The third-order valence-electron chi connectivity index (χ3n) is 0.664. The van der Waals surface area contributed by atoms with Gasteiger partial charge in [0.2, 0.25) is 0 Å². The lowest BCUT2D eigenvalue weighted by Gasteiger charge is -1.92. The fourth-order valence-electron chi connectivity index (χ4n) is 0.262. The number of amides is 1. The van der Waals surface area contributed by atoms with Gasteiger partial charge >= 0.3 is 0 Å². The first-order chi connectivity index (χ1) is 4.31. The van der Waals surface area contributed by atoms with Crippen molar-refractivity contribution >= 4 is 17.0 Å². The van der Waals surface area contributed by atoms with Crippen LogP contribution in [0.1, 0.15) is 6.92 Å². The molecule has 0 bridgehead atoms. The first-order valence-corrected chi connectivity index (χ1v) is 3.54. The van der Waals surface area contributed by atoms with E-state index in [1.54, 1.807) is 0 Å². The predicted octanol–water partition coefficient (Wildman–Crippen LogP) is 0.879. The minimum absolute atomic E-state index is 0.201. The number of carbonyl (C=O) groups excluding carboxylic acids is 1. The SMILES string of the molecule is C/C=C/CSC(=O)NN. The Morgan fingerprint density at radius 3 is 3.00 bits per heavy atom. The van der Waals surface area contributed by atoms with Crippen LogP contribution in [0, 0.1) is 0 Å². The van der Waals surface area contributed by atoms with Crippen molar-refractivity contribution in [1.29, 1.82) is 0 Å². The second kappa shape index (κ2) is 5.65. The molecule has 0 fully saturated rings. The maximum Gasteiger partial charge on any atom is 0.293 e. The standard InChI is InChI=1S/C5H10N2OS/c1-2-3-4-9-5(8)7-6/h2-3H,4,6H2,1H3,(H,7,8)/b3-2+. The highest BCUT2D eigenvalue weighted by molar-refractivity contribution is 8.13. The van der Waals surface area contributed by atoms with Gasteiger partial charge in [-0.3, -0.25) is 10.2 Å². The number of nitrogens with one attached hydrogen (secondary N) is 1. The first-order valence-electron chi connectivity index (χ1n) is 2.55. The molecule has 0 aliphatic rings. The lowest BCUT2D eigenvalue weighted by molar-refractivity contribution is 0.261. The molecule has 3 N–H and O–H groups in total. The van der Waals surface area contributed by atoms with Crippen LogP contribution in [0.5, 0.6) is 0 Å². The summed E-state index contributed by atoms with van der Waals surface area (Å²) in [7, 11) is 0. The fourth-order valence-corrected chi connectivity index (χ4v) is 0.785. The molecule has 0 unspecified atom stereocenters. The van der Waals surface area contributed by atoms with E-state index in [-0.39, 0.29) is 5.24 Å². The molecule has 1 amide bonds. The van der Waals surface area contributed by atoms with Crippen LogP contribution in [0.15, 0.2) is 12.2 Å². The molecule has 0 spiro atoms. The average molecular weight is 146 g/mol. The van der Waals surface area contributed by atoms with E-state index in [9.17, 15) is 4.79 Å². The van der Waals surface area contributed by atoms with E-state index in [2.05, 4.69) is 0 Å². The third kappa shape index (κ3) is 5.39. The Labute approximate surface area is 58.7 Å². The van der Waals surface area contributed by atoms with E-state index in [1.165, 1.54) is 0 Å². The lowest BCUT2D eigenvalue weighted by atomic mass is 10.6. The Morgan fingerprint density at radius 1 is 1.89 bits per heavy atom. The van der Waals surface area contributed by atoms with Gasteiger partial charge in [0.15, 0.2) is 0 Å². The number of thioether (sulfide) groups is 1. The monoisotopic (exact) mass is 146 g/mol. The normalized spacial score (nSPS) is 10.0. The molecular weight excluding hydrogens is 136 g/mol. The van der Waals surface area contributed by atoms with Crippen molar-refractivity contribution in [2.24, 2.45) is 5.84 Å². The number of rotatable bonds is 2. The Kier molecular flexibility index (Phi) is 5.35. The largest absolute Gasteiger partial charge is 0.293 e. The minimum atomic E-state index is -0.201. The number of hydrazine groups is 1. The second-order valence-electron chi connectivity index (χ2n) is 1.31. The average Bonchev–Trinajstić information content (AvgIpc) is 1.89. The molecule has 0 atom stereocenters. The van der Waals surface area contributed by atoms with Crippen LogP contribution in [0.25, 0.3) is 0 Å². The van der Waals surface area contributed by atoms with Gasteiger partial charge in [-0.1, -0.05) is 23.9 Å². The molecule has 0 saturated carbocycles. The van der Waals surface area contributed by atoms with E-state index < -0.39 is 0 Å². The lowest BCUT2D eigenvalue weighted by Crippen LogP contribution is -2.26. The molecule has 4 heteroatoms. The summed E-state index contributed by atoms with van der Waals surface area (Å²) < 4.78 is 0. The Hall–Kier alpha value is -0.480. The summed E-state index contributed by atoms with van der Waals surface area (Å²) in [5.41, 5.74) is 2.01. The smallest absolute Gasteiger partial charge is 0.285 e. The van der Waals surface area contributed by atoms with Gasteiger partial charge in [-0.05, 0) is 6.92 Å². The molecule has 3 nitrogen and oxygen atoms in total. The molecule has 0 heterocycles. The zero-order chi connectivity index (χ0) is 7.11. The van der Waals surface area contributed by atoms with E-state index in [0.717, 1.165) is 11.8 Å². The Balaban J connectivity index is 3.17. The zero-order valence-electron chi connectivity index (χ0n) is 5.26. The molecule has 0 rings (SSSR count). The van der Waals surface area contributed by atoms with E-state index in [0.29, 0.717) is 5.75 Å². The second-order valence-corrected chi connectivity index (χ2v) is 2.30.